The van der Waals surface area contributed by atoms with Crippen molar-refractivity contribution in [3.05, 3.63) is 36.2 Å². The molecule has 19 heavy (non-hydrogen) atoms. The van der Waals surface area contributed by atoms with Crippen LogP contribution in [-0.4, -0.2) is 24.3 Å². The Balaban J connectivity index is 2.33. The van der Waals surface area contributed by atoms with Crippen LogP contribution in [0.5, 0.6) is 0 Å². The van der Waals surface area contributed by atoms with Crippen molar-refractivity contribution in [2.75, 3.05) is 5.32 Å². The van der Waals surface area contributed by atoms with Crippen LogP contribution < -0.4 is 10.7 Å². The third kappa shape index (κ3) is 3.17. The highest BCUT2D eigenvalue weighted by atomic mass is 32.2. The van der Waals surface area contributed by atoms with Gasteiger partial charge in [0.15, 0.2) is 0 Å². The fourth-order valence-electron chi connectivity index (χ4n) is 1.39. The number of rotatable bonds is 3. The van der Waals surface area contributed by atoms with Gasteiger partial charge in [0, 0.05) is 6.08 Å². The van der Waals surface area contributed by atoms with E-state index in [1.54, 1.807) is 0 Å². The van der Waals surface area contributed by atoms with E-state index in [1.165, 1.54) is 18.2 Å². The van der Waals surface area contributed by atoms with Crippen molar-refractivity contribution >= 4 is 21.8 Å². The molecule has 0 atom stereocenters. The molecule has 1 aliphatic rings. The number of hydrazone groups is 1. The van der Waals surface area contributed by atoms with Gasteiger partial charge in [-0.15, -0.1) is 0 Å². The third-order valence-corrected chi connectivity index (χ3v) is 3.01. The summed E-state index contributed by atoms with van der Waals surface area (Å²) >= 11 is 0. The quantitative estimate of drug-likeness (QED) is 0.571. The van der Waals surface area contributed by atoms with E-state index in [1.807, 2.05) is 5.43 Å². The van der Waals surface area contributed by atoms with E-state index in [2.05, 4.69) is 10.4 Å². The van der Waals surface area contributed by atoms with Gasteiger partial charge in [0.1, 0.15) is 10.7 Å². The Bertz CT molecular complexity index is 659. The minimum Gasteiger partial charge on any atom is -0.339 e. The van der Waals surface area contributed by atoms with E-state index in [9.17, 15) is 17.3 Å². The van der Waals surface area contributed by atoms with Gasteiger partial charge in [-0.3, -0.25) is 4.55 Å². The summed E-state index contributed by atoms with van der Waals surface area (Å²) in [7, 11) is -4.46. The largest absolute Gasteiger partial charge is 0.339 e. The SMILES string of the molecule is O=S(=O)(O)c1ccccc1NC1=CC(F)=NN(F)N1. The zero-order valence-corrected chi connectivity index (χ0v) is 10.0. The molecule has 0 spiro atoms. The molecule has 1 aromatic rings. The second-order valence-electron chi connectivity index (χ2n) is 3.45. The first-order chi connectivity index (χ1) is 8.86. The normalized spacial score (nSPS) is 15.4. The summed E-state index contributed by atoms with van der Waals surface area (Å²) in [6.45, 7) is 0. The van der Waals surface area contributed by atoms with E-state index < -0.39 is 21.0 Å². The molecule has 0 saturated carbocycles. The van der Waals surface area contributed by atoms with Gasteiger partial charge in [-0.25, -0.2) is 5.43 Å². The number of benzene rings is 1. The zero-order chi connectivity index (χ0) is 14.0. The molecule has 0 radical (unpaired) electrons. The molecule has 0 bridgehead atoms. The number of hydrogen-bond acceptors (Lipinski definition) is 6. The Hall–Kier alpha value is -2.20. The van der Waals surface area contributed by atoms with Crippen molar-refractivity contribution < 1.29 is 21.8 Å². The number of para-hydroxylation sites is 1. The summed E-state index contributed by atoms with van der Waals surface area (Å²) in [6.07, 6.45) is 0.816. The Morgan fingerprint density at radius 3 is 2.68 bits per heavy atom. The van der Waals surface area contributed by atoms with Crippen molar-refractivity contribution in [1.29, 1.82) is 0 Å². The molecular formula is C9H8F2N4O3S. The van der Waals surface area contributed by atoms with Gasteiger partial charge in [-0.05, 0) is 17.5 Å². The van der Waals surface area contributed by atoms with Crippen molar-refractivity contribution in [1.82, 2.24) is 10.8 Å². The molecule has 0 aliphatic carbocycles. The molecule has 102 valence electrons. The highest BCUT2D eigenvalue weighted by Gasteiger charge is 2.18. The first-order valence-electron chi connectivity index (χ1n) is 4.88. The zero-order valence-electron chi connectivity index (χ0n) is 9.21. The van der Waals surface area contributed by atoms with Crippen LogP contribution in [0.2, 0.25) is 0 Å². The Labute approximate surface area is 106 Å². The van der Waals surface area contributed by atoms with Crippen molar-refractivity contribution in [3.8, 4) is 0 Å². The predicted octanol–water partition coefficient (Wildman–Crippen LogP) is 1.17. The summed E-state index contributed by atoms with van der Waals surface area (Å²) in [4.78, 5) is -0.425. The second-order valence-corrected chi connectivity index (χ2v) is 4.84. The van der Waals surface area contributed by atoms with Crippen LogP contribution in [0.25, 0.3) is 0 Å². The molecule has 0 fully saturated rings. The van der Waals surface area contributed by atoms with Gasteiger partial charge in [-0.1, -0.05) is 21.7 Å². The van der Waals surface area contributed by atoms with Crippen LogP contribution in [0.1, 0.15) is 0 Å². The first kappa shape index (κ1) is 13.2. The van der Waals surface area contributed by atoms with Crippen LogP contribution in [0.4, 0.5) is 14.6 Å². The average Bonchev–Trinajstić information content (AvgIpc) is 2.26. The molecule has 1 aromatic carbocycles. The standard InChI is InChI=1S/C9H8F2N4O3S/c10-8-5-9(14-15(11)13-8)12-6-3-1-2-4-7(6)19(16,17)18/h1-5,12,14H,(H,16,17,18). The molecule has 1 heterocycles. The fraction of sp³-hybridized carbons (Fsp3) is 0. The Morgan fingerprint density at radius 2 is 2.05 bits per heavy atom. The molecule has 7 nitrogen and oxygen atoms in total. The highest BCUT2D eigenvalue weighted by Crippen LogP contribution is 2.22. The van der Waals surface area contributed by atoms with E-state index >= 15 is 0 Å². The highest BCUT2D eigenvalue weighted by molar-refractivity contribution is 7.86. The maximum absolute atomic E-state index is 12.9. The maximum atomic E-state index is 12.9. The molecular weight excluding hydrogens is 282 g/mol. The second kappa shape index (κ2) is 4.82. The molecule has 10 heteroatoms. The summed E-state index contributed by atoms with van der Waals surface area (Å²) < 4.78 is 56.9. The van der Waals surface area contributed by atoms with E-state index in [-0.39, 0.29) is 16.8 Å². The number of hydrogen-bond donors (Lipinski definition) is 3. The maximum Gasteiger partial charge on any atom is 0.296 e. The van der Waals surface area contributed by atoms with Crippen LogP contribution in [0.3, 0.4) is 0 Å². The van der Waals surface area contributed by atoms with Gasteiger partial charge in [0.25, 0.3) is 10.1 Å². The molecule has 3 N–H and O–H groups in total. The smallest absolute Gasteiger partial charge is 0.296 e. The summed E-state index contributed by atoms with van der Waals surface area (Å²) in [6, 6.07) is 5.33. The van der Waals surface area contributed by atoms with Gasteiger partial charge in [-0.2, -0.15) is 12.8 Å². The van der Waals surface area contributed by atoms with Crippen LogP contribution in [-0.2, 0) is 10.1 Å². The van der Waals surface area contributed by atoms with E-state index in [4.69, 9.17) is 4.55 Å². The summed E-state index contributed by atoms with van der Waals surface area (Å²) in [5.41, 5.74) is 1.94. The third-order valence-electron chi connectivity index (χ3n) is 2.09. The van der Waals surface area contributed by atoms with Crippen molar-refractivity contribution in [2.45, 2.75) is 4.90 Å². The first-order valence-corrected chi connectivity index (χ1v) is 6.32. The lowest BCUT2D eigenvalue weighted by atomic mass is 10.3. The minimum atomic E-state index is -4.46. The predicted molar refractivity (Wildman–Crippen MR) is 62.6 cm³/mol. The summed E-state index contributed by atoms with van der Waals surface area (Å²) in [5, 5.41) is 4.81. The lowest BCUT2D eigenvalue weighted by Crippen LogP contribution is -2.33. The van der Waals surface area contributed by atoms with E-state index in [0.717, 1.165) is 12.1 Å². The number of hydrazine groups is 1. The molecule has 0 unspecified atom stereocenters. The van der Waals surface area contributed by atoms with Gasteiger partial charge < -0.3 is 5.32 Å². The number of halogens is 2. The number of allylic oxidation sites excluding steroid dienone is 1. The molecule has 1 aliphatic heterocycles. The van der Waals surface area contributed by atoms with Crippen molar-refractivity contribution in [2.24, 2.45) is 5.10 Å². The minimum absolute atomic E-state index is 0.0492. The Kier molecular flexibility index (Phi) is 3.36. The number of nitrogens with zero attached hydrogens (tertiary/aromatic N) is 2. The molecule has 0 aromatic heterocycles. The average molecular weight is 290 g/mol. The lowest BCUT2D eigenvalue weighted by molar-refractivity contribution is -0.0198. The van der Waals surface area contributed by atoms with Crippen molar-refractivity contribution in [3.63, 3.8) is 0 Å². The number of nitrogens with one attached hydrogen (secondary N) is 2. The van der Waals surface area contributed by atoms with Crippen LogP contribution in [0.15, 0.2) is 46.2 Å². The molecule has 0 amide bonds. The van der Waals surface area contributed by atoms with Gasteiger partial charge in [0.05, 0.1) is 5.69 Å². The molecule has 2 rings (SSSR count). The molecule has 0 saturated heterocycles. The fourth-order valence-corrected chi connectivity index (χ4v) is 2.04. The topological polar surface area (TPSA) is 94.0 Å². The monoisotopic (exact) mass is 290 g/mol. The lowest BCUT2D eigenvalue weighted by Gasteiger charge is -2.19. The van der Waals surface area contributed by atoms with E-state index in [0.29, 0.717) is 0 Å². The Morgan fingerprint density at radius 1 is 1.37 bits per heavy atom. The van der Waals surface area contributed by atoms with Crippen LogP contribution >= 0.6 is 0 Å². The number of anilines is 1. The summed E-state index contributed by atoms with van der Waals surface area (Å²) in [5.74, 6) is -1.31. The van der Waals surface area contributed by atoms with Crippen LogP contribution in [0, 0.1) is 0 Å². The van der Waals surface area contributed by atoms with Gasteiger partial charge in [0.2, 0.25) is 5.97 Å². The van der Waals surface area contributed by atoms with Gasteiger partial charge >= 0.3 is 0 Å².